The molecule has 1 rings (SSSR count). The maximum absolute atomic E-state index is 12.1. The molecule has 0 fully saturated rings. The highest BCUT2D eigenvalue weighted by Crippen LogP contribution is 2.10. The lowest BCUT2D eigenvalue weighted by Crippen LogP contribution is -3.10. The van der Waals surface area contributed by atoms with Gasteiger partial charge in [0.2, 0.25) is 5.91 Å². The third kappa shape index (κ3) is 21.9. The van der Waals surface area contributed by atoms with E-state index in [9.17, 15) is 9.90 Å². The lowest BCUT2D eigenvalue weighted by atomic mass is 10.1. The zero-order valence-corrected chi connectivity index (χ0v) is 23.9. The summed E-state index contributed by atoms with van der Waals surface area (Å²) >= 11 is 0. The maximum atomic E-state index is 12.1. The highest BCUT2D eigenvalue weighted by molar-refractivity contribution is 5.75. The second kappa shape index (κ2) is 26.7. The van der Waals surface area contributed by atoms with E-state index < -0.39 is 0 Å². The fraction of sp³-hybridized carbons (Fsp3) is 0.710. The van der Waals surface area contributed by atoms with Crippen molar-refractivity contribution in [2.75, 3.05) is 26.2 Å². The number of rotatable bonds is 24. The minimum absolute atomic E-state index is 0. The molecule has 36 heavy (non-hydrogen) atoms. The minimum Gasteiger partial charge on any atom is -1.00 e. The average Bonchev–Trinajstić information content (AvgIpc) is 2.87. The van der Waals surface area contributed by atoms with Gasteiger partial charge in [-0.3, -0.25) is 4.79 Å². The standard InChI is InChI=1S/C31H54N2O2.ClH/c1-2-3-4-5-6-7-8-9-10-11-12-13-14-15-19-24-31(35)32-25-20-26-33(27-21-28-34)29-30-22-17-16-18-23-30;/h9-10,16-18,22-23,34H,2-8,11-15,19-21,24-29H2,1H3,(H,32,35);1H/b10-9+;. The van der Waals surface area contributed by atoms with Gasteiger partial charge < -0.3 is 27.7 Å². The zero-order valence-electron chi connectivity index (χ0n) is 23.1. The van der Waals surface area contributed by atoms with Gasteiger partial charge in [0.15, 0.2) is 0 Å². The van der Waals surface area contributed by atoms with Gasteiger partial charge in [-0.2, -0.15) is 0 Å². The first-order valence-corrected chi connectivity index (χ1v) is 14.7. The largest absolute Gasteiger partial charge is 1.00 e. The molecule has 0 bridgehead atoms. The fourth-order valence-corrected chi connectivity index (χ4v) is 4.53. The van der Waals surface area contributed by atoms with E-state index in [2.05, 4.69) is 48.7 Å². The molecule has 208 valence electrons. The van der Waals surface area contributed by atoms with Crippen molar-refractivity contribution < 1.29 is 27.2 Å². The second-order valence-corrected chi connectivity index (χ2v) is 10.0. The number of nitrogens with one attached hydrogen (secondary N) is 2. The molecule has 0 aromatic heterocycles. The molecular weight excluding hydrogens is 468 g/mol. The number of amides is 1. The van der Waals surface area contributed by atoms with Crippen LogP contribution in [0.4, 0.5) is 0 Å². The van der Waals surface area contributed by atoms with Gasteiger partial charge in [-0.25, -0.2) is 0 Å². The Morgan fingerprint density at radius 3 is 2.03 bits per heavy atom. The van der Waals surface area contributed by atoms with Gasteiger partial charge in [0.25, 0.3) is 0 Å². The van der Waals surface area contributed by atoms with Crippen LogP contribution in [0.2, 0.25) is 0 Å². The quantitative estimate of drug-likeness (QED) is 0.144. The smallest absolute Gasteiger partial charge is 0.219 e. The summed E-state index contributed by atoms with van der Waals surface area (Å²) in [4.78, 5) is 13.6. The van der Waals surface area contributed by atoms with Crippen molar-refractivity contribution in [1.82, 2.24) is 5.32 Å². The molecular formula is C31H55ClN2O2. The van der Waals surface area contributed by atoms with E-state index in [4.69, 9.17) is 0 Å². The third-order valence-electron chi connectivity index (χ3n) is 6.68. The summed E-state index contributed by atoms with van der Waals surface area (Å²) in [7, 11) is 0. The summed E-state index contributed by atoms with van der Waals surface area (Å²) in [5, 5.41) is 12.3. The first kappa shape index (κ1) is 34.6. The van der Waals surface area contributed by atoms with Crippen LogP contribution >= 0.6 is 0 Å². The number of unbranched alkanes of at least 4 members (excludes halogenated alkanes) is 11. The molecule has 1 atom stereocenters. The number of hydrogen-bond acceptors (Lipinski definition) is 2. The number of allylic oxidation sites excluding steroid dienone is 2. The number of benzene rings is 1. The molecule has 0 aliphatic heterocycles. The molecule has 0 spiro atoms. The van der Waals surface area contributed by atoms with E-state index in [-0.39, 0.29) is 24.9 Å². The number of quaternary nitrogens is 1. The molecule has 3 N–H and O–H groups in total. The molecule has 1 unspecified atom stereocenters. The van der Waals surface area contributed by atoms with Crippen molar-refractivity contribution in [3.05, 3.63) is 48.0 Å². The summed E-state index contributed by atoms with van der Waals surface area (Å²) in [6, 6.07) is 10.5. The molecule has 1 aromatic carbocycles. The summed E-state index contributed by atoms with van der Waals surface area (Å²) in [5.41, 5.74) is 1.33. The Kier molecular flexibility index (Phi) is 25.7. The van der Waals surface area contributed by atoms with Crippen LogP contribution in [0, 0.1) is 0 Å². The summed E-state index contributed by atoms with van der Waals surface area (Å²) in [5.74, 6) is 0.197. The molecule has 0 saturated carbocycles. The zero-order chi connectivity index (χ0) is 25.2. The summed E-state index contributed by atoms with van der Waals surface area (Å²) in [6.07, 6.45) is 23.9. The second-order valence-electron chi connectivity index (χ2n) is 10.0. The van der Waals surface area contributed by atoms with Crippen molar-refractivity contribution in [1.29, 1.82) is 0 Å². The Balaban J connectivity index is 0.0000122. The van der Waals surface area contributed by atoms with Crippen LogP contribution in [0.15, 0.2) is 42.5 Å². The molecule has 1 aromatic rings. The van der Waals surface area contributed by atoms with Crippen LogP contribution in [0.1, 0.15) is 115 Å². The molecule has 4 nitrogen and oxygen atoms in total. The van der Waals surface area contributed by atoms with Crippen molar-refractivity contribution in [2.45, 2.75) is 116 Å². The molecule has 0 aliphatic rings. The Morgan fingerprint density at radius 2 is 1.39 bits per heavy atom. The summed E-state index contributed by atoms with van der Waals surface area (Å²) < 4.78 is 0. The Hall–Kier alpha value is -1.36. The van der Waals surface area contributed by atoms with Gasteiger partial charge in [-0.15, -0.1) is 0 Å². The lowest BCUT2D eigenvalue weighted by molar-refractivity contribution is -0.914. The van der Waals surface area contributed by atoms with Gasteiger partial charge >= 0.3 is 0 Å². The van der Waals surface area contributed by atoms with Gasteiger partial charge in [-0.05, 0) is 32.1 Å². The molecule has 0 saturated heterocycles. The Bertz CT molecular complexity index is 624. The van der Waals surface area contributed by atoms with Crippen LogP contribution in [-0.2, 0) is 11.3 Å². The highest BCUT2D eigenvalue weighted by Gasteiger charge is 2.09. The molecule has 5 heteroatoms. The third-order valence-corrected chi connectivity index (χ3v) is 6.68. The van der Waals surface area contributed by atoms with Crippen molar-refractivity contribution in [3.63, 3.8) is 0 Å². The average molecular weight is 523 g/mol. The van der Waals surface area contributed by atoms with Crippen molar-refractivity contribution in [2.24, 2.45) is 0 Å². The van der Waals surface area contributed by atoms with E-state index in [1.807, 2.05) is 6.07 Å². The monoisotopic (exact) mass is 522 g/mol. The molecule has 0 radical (unpaired) electrons. The number of aliphatic hydroxyl groups is 1. The van der Waals surface area contributed by atoms with Crippen LogP contribution in [0.25, 0.3) is 0 Å². The fourth-order valence-electron chi connectivity index (χ4n) is 4.53. The molecule has 1 amide bonds. The Labute approximate surface area is 228 Å². The highest BCUT2D eigenvalue weighted by atomic mass is 35.5. The van der Waals surface area contributed by atoms with Gasteiger partial charge in [-0.1, -0.05) is 101 Å². The van der Waals surface area contributed by atoms with E-state index >= 15 is 0 Å². The Morgan fingerprint density at radius 1 is 0.806 bits per heavy atom. The van der Waals surface area contributed by atoms with Crippen molar-refractivity contribution >= 4 is 5.91 Å². The predicted molar refractivity (Wildman–Crippen MR) is 150 cm³/mol. The number of hydrogen-bond donors (Lipinski definition) is 3. The van der Waals surface area contributed by atoms with E-state index in [0.717, 1.165) is 51.9 Å². The van der Waals surface area contributed by atoms with E-state index in [0.29, 0.717) is 6.42 Å². The number of halogens is 1. The normalized spacial score (nSPS) is 11.9. The predicted octanol–water partition coefficient (Wildman–Crippen LogP) is 3.00. The van der Waals surface area contributed by atoms with Gasteiger partial charge in [0.1, 0.15) is 6.54 Å². The topological polar surface area (TPSA) is 53.8 Å². The SMILES string of the molecule is CCCCCCCC/C=C/CCCCCCCC(=O)NCCC[NH+](CCCO)Cc1ccccc1.[Cl-]. The van der Waals surface area contributed by atoms with E-state index in [1.165, 1.54) is 81.1 Å². The van der Waals surface area contributed by atoms with Crippen LogP contribution < -0.4 is 22.6 Å². The first-order valence-electron chi connectivity index (χ1n) is 14.7. The number of carbonyl (C=O) groups excluding carboxylic acids is 1. The summed E-state index contributed by atoms with van der Waals surface area (Å²) in [6.45, 7) is 6.22. The number of carbonyl (C=O) groups is 1. The lowest BCUT2D eigenvalue weighted by Gasteiger charge is -2.19. The molecule has 0 heterocycles. The minimum atomic E-state index is 0. The number of aliphatic hydroxyl groups excluding tert-OH is 1. The molecule has 0 aliphatic carbocycles. The van der Waals surface area contributed by atoms with Gasteiger partial charge in [0.05, 0.1) is 13.1 Å². The first-order chi connectivity index (χ1) is 17.3. The van der Waals surface area contributed by atoms with Crippen LogP contribution in [-0.4, -0.2) is 37.3 Å². The van der Waals surface area contributed by atoms with Crippen LogP contribution in [0.3, 0.4) is 0 Å². The van der Waals surface area contributed by atoms with Gasteiger partial charge in [0, 0.05) is 38.0 Å². The van der Waals surface area contributed by atoms with Crippen molar-refractivity contribution in [3.8, 4) is 0 Å². The van der Waals surface area contributed by atoms with Crippen LogP contribution in [0.5, 0.6) is 0 Å². The van der Waals surface area contributed by atoms with E-state index in [1.54, 1.807) is 0 Å². The maximum Gasteiger partial charge on any atom is 0.219 e.